The number of carbonyl (C=O) groups excluding carboxylic acids is 1. The highest BCUT2D eigenvalue weighted by Crippen LogP contribution is 2.30. The minimum absolute atomic E-state index is 0.0383. The number of hydrogen-bond acceptors (Lipinski definition) is 6. The molecule has 5 rings (SSSR count). The van der Waals surface area contributed by atoms with E-state index in [0.717, 1.165) is 107 Å². The lowest BCUT2D eigenvalue weighted by atomic mass is 9.82. The first-order chi connectivity index (χ1) is 19.5. The fraction of sp³-hybridized carbons (Fsp3) is 0.645. The molecule has 1 saturated carbocycles. The summed E-state index contributed by atoms with van der Waals surface area (Å²) in [6.45, 7) is 5.94. The lowest BCUT2D eigenvalue weighted by Crippen LogP contribution is -2.38. The van der Waals surface area contributed by atoms with Crippen LogP contribution in [0, 0.1) is 17.8 Å². The first-order valence-electron chi connectivity index (χ1n) is 15.3. The number of pyridine rings is 1. The topological polar surface area (TPSA) is 116 Å². The molecule has 218 valence electrons. The molecular formula is C31H45N5O4. The fourth-order valence-electron chi connectivity index (χ4n) is 6.56. The average Bonchev–Trinajstić information content (AvgIpc) is 2.99. The third kappa shape index (κ3) is 7.85. The van der Waals surface area contributed by atoms with E-state index in [1.807, 2.05) is 30.3 Å². The standard InChI is InChI=1S/C31H45N5O4/c37-30(33-20-23-5-7-24(8-6-23)21-34-31(38)39)27-19-29(35-28-4-2-1-3-26(27)28)36-15-10-22(11-16-36)9-14-32-25-12-17-40-18-13-25/h1-4,19,22-25,32,34H,5-18,20-21H2,(H,33,37)(H,38,39)/t23-,24-. The highest BCUT2D eigenvalue weighted by molar-refractivity contribution is 6.07. The van der Waals surface area contributed by atoms with Crippen molar-refractivity contribution in [3.8, 4) is 0 Å². The van der Waals surface area contributed by atoms with Crippen molar-refractivity contribution >= 4 is 28.7 Å². The number of benzene rings is 1. The summed E-state index contributed by atoms with van der Waals surface area (Å²) in [5.41, 5.74) is 1.56. The SMILES string of the molecule is O=C(O)NC[C@H]1CC[C@H](CNC(=O)c2cc(N3CCC(CCNC4CCOCC4)CC3)nc3ccccc23)CC1. The number of anilines is 1. The summed E-state index contributed by atoms with van der Waals surface area (Å²) in [7, 11) is 0. The number of nitrogens with one attached hydrogen (secondary N) is 3. The number of amides is 2. The largest absolute Gasteiger partial charge is 0.465 e. The number of ether oxygens (including phenoxy) is 1. The zero-order valence-electron chi connectivity index (χ0n) is 23.6. The molecule has 1 aromatic heterocycles. The van der Waals surface area contributed by atoms with E-state index in [4.69, 9.17) is 14.8 Å². The van der Waals surface area contributed by atoms with Crippen LogP contribution in [0.25, 0.3) is 10.9 Å². The zero-order chi connectivity index (χ0) is 27.7. The van der Waals surface area contributed by atoms with Gasteiger partial charge in [0.2, 0.25) is 0 Å². The van der Waals surface area contributed by atoms with Crippen molar-refractivity contribution in [2.24, 2.45) is 17.8 Å². The number of aromatic nitrogens is 1. The van der Waals surface area contributed by atoms with E-state index in [1.165, 1.54) is 6.42 Å². The molecule has 3 fully saturated rings. The molecule has 40 heavy (non-hydrogen) atoms. The van der Waals surface area contributed by atoms with Gasteiger partial charge in [-0.1, -0.05) is 18.2 Å². The number of rotatable bonds is 10. The minimum atomic E-state index is -0.957. The molecule has 3 heterocycles. The number of fused-ring (bicyclic) bond motifs is 1. The van der Waals surface area contributed by atoms with Gasteiger partial charge in [0, 0.05) is 50.8 Å². The molecule has 1 aliphatic carbocycles. The van der Waals surface area contributed by atoms with Crippen LogP contribution in [0.2, 0.25) is 0 Å². The molecule has 3 aliphatic rings. The molecule has 0 radical (unpaired) electrons. The summed E-state index contributed by atoms with van der Waals surface area (Å²) >= 11 is 0. The second kappa shape index (κ2) is 14.1. The number of carboxylic acid groups (broad SMARTS) is 1. The molecule has 9 heteroatoms. The van der Waals surface area contributed by atoms with Gasteiger partial charge in [-0.15, -0.1) is 0 Å². The molecule has 0 atom stereocenters. The third-order valence-electron chi connectivity index (χ3n) is 9.15. The Hall–Kier alpha value is -2.91. The summed E-state index contributed by atoms with van der Waals surface area (Å²) in [6, 6.07) is 10.5. The van der Waals surface area contributed by atoms with E-state index in [0.29, 0.717) is 36.5 Å². The Bertz CT molecular complexity index is 1120. The highest BCUT2D eigenvalue weighted by atomic mass is 16.5. The fourth-order valence-corrected chi connectivity index (χ4v) is 6.56. The number of para-hydroxylation sites is 1. The molecule has 2 saturated heterocycles. The summed E-state index contributed by atoms with van der Waals surface area (Å²) < 4.78 is 5.46. The van der Waals surface area contributed by atoms with Crippen LogP contribution < -0.4 is 20.9 Å². The maximum atomic E-state index is 13.4. The van der Waals surface area contributed by atoms with E-state index in [2.05, 4.69) is 20.9 Å². The lowest BCUT2D eigenvalue weighted by molar-refractivity contribution is 0.0776. The predicted octanol–water partition coefficient (Wildman–Crippen LogP) is 4.41. The van der Waals surface area contributed by atoms with E-state index >= 15 is 0 Å². The summed E-state index contributed by atoms with van der Waals surface area (Å²) in [5, 5.41) is 19.2. The Morgan fingerprint density at radius 3 is 2.27 bits per heavy atom. The zero-order valence-corrected chi connectivity index (χ0v) is 23.6. The van der Waals surface area contributed by atoms with Crippen LogP contribution in [-0.4, -0.2) is 74.1 Å². The Labute approximate surface area is 237 Å². The first-order valence-corrected chi connectivity index (χ1v) is 15.3. The van der Waals surface area contributed by atoms with Crippen LogP contribution in [0.3, 0.4) is 0 Å². The number of nitrogens with zero attached hydrogens (tertiary/aromatic N) is 2. The van der Waals surface area contributed by atoms with Gasteiger partial charge in [-0.05, 0) is 94.2 Å². The Balaban J connectivity index is 1.13. The Morgan fingerprint density at radius 1 is 0.900 bits per heavy atom. The molecule has 0 spiro atoms. The highest BCUT2D eigenvalue weighted by Gasteiger charge is 2.25. The van der Waals surface area contributed by atoms with Gasteiger partial charge >= 0.3 is 6.09 Å². The number of carbonyl (C=O) groups is 2. The van der Waals surface area contributed by atoms with E-state index in [1.54, 1.807) is 0 Å². The van der Waals surface area contributed by atoms with Crippen molar-refractivity contribution < 1.29 is 19.4 Å². The van der Waals surface area contributed by atoms with Crippen LogP contribution in [0.1, 0.15) is 68.1 Å². The molecule has 1 aromatic carbocycles. The van der Waals surface area contributed by atoms with Crippen LogP contribution in [0.4, 0.5) is 10.6 Å². The summed E-state index contributed by atoms with van der Waals surface area (Å²) in [5.74, 6) is 2.40. The van der Waals surface area contributed by atoms with Crippen molar-refractivity contribution in [1.82, 2.24) is 20.9 Å². The van der Waals surface area contributed by atoms with Crippen molar-refractivity contribution in [2.75, 3.05) is 50.8 Å². The van der Waals surface area contributed by atoms with Crippen LogP contribution in [-0.2, 0) is 4.74 Å². The average molecular weight is 552 g/mol. The molecule has 2 aromatic rings. The van der Waals surface area contributed by atoms with Gasteiger partial charge in [0.1, 0.15) is 5.82 Å². The number of hydrogen-bond donors (Lipinski definition) is 4. The van der Waals surface area contributed by atoms with Gasteiger partial charge in [-0.2, -0.15) is 0 Å². The molecular weight excluding hydrogens is 506 g/mol. The monoisotopic (exact) mass is 551 g/mol. The van der Waals surface area contributed by atoms with E-state index < -0.39 is 6.09 Å². The van der Waals surface area contributed by atoms with Crippen molar-refractivity contribution in [1.29, 1.82) is 0 Å². The van der Waals surface area contributed by atoms with Crippen molar-refractivity contribution in [2.45, 2.75) is 63.8 Å². The van der Waals surface area contributed by atoms with Gasteiger partial charge in [0.05, 0.1) is 11.1 Å². The molecule has 0 bridgehead atoms. The van der Waals surface area contributed by atoms with Crippen LogP contribution >= 0.6 is 0 Å². The van der Waals surface area contributed by atoms with Gasteiger partial charge < -0.3 is 30.7 Å². The second-order valence-corrected chi connectivity index (χ2v) is 11.9. The molecule has 2 amide bonds. The maximum absolute atomic E-state index is 13.4. The van der Waals surface area contributed by atoms with Crippen molar-refractivity contribution in [3.05, 3.63) is 35.9 Å². The summed E-state index contributed by atoms with van der Waals surface area (Å²) in [4.78, 5) is 31.5. The maximum Gasteiger partial charge on any atom is 0.404 e. The molecule has 2 aliphatic heterocycles. The van der Waals surface area contributed by atoms with Gasteiger partial charge in [-0.25, -0.2) is 9.78 Å². The van der Waals surface area contributed by atoms with Gasteiger partial charge in [-0.3, -0.25) is 4.79 Å². The second-order valence-electron chi connectivity index (χ2n) is 11.9. The van der Waals surface area contributed by atoms with E-state index in [-0.39, 0.29) is 5.91 Å². The van der Waals surface area contributed by atoms with Crippen LogP contribution in [0.5, 0.6) is 0 Å². The first kappa shape index (κ1) is 28.6. The van der Waals surface area contributed by atoms with E-state index in [9.17, 15) is 9.59 Å². The smallest absolute Gasteiger partial charge is 0.404 e. The quantitative estimate of drug-likeness (QED) is 0.346. The van der Waals surface area contributed by atoms with Crippen molar-refractivity contribution in [3.63, 3.8) is 0 Å². The predicted molar refractivity (Wildman–Crippen MR) is 157 cm³/mol. The molecule has 9 nitrogen and oxygen atoms in total. The van der Waals surface area contributed by atoms with Crippen LogP contribution in [0.15, 0.2) is 30.3 Å². The van der Waals surface area contributed by atoms with Gasteiger partial charge in [0.15, 0.2) is 0 Å². The molecule has 4 N–H and O–H groups in total. The normalized spacial score (nSPS) is 22.8. The minimum Gasteiger partial charge on any atom is -0.465 e. The Kier molecular flexibility index (Phi) is 10.1. The third-order valence-corrected chi connectivity index (χ3v) is 9.15. The lowest BCUT2D eigenvalue weighted by Gasteiger charge is -2.33. The molecule has 0 unspecified atom stereocenters. The van der Waals surface area contributed by atoms with Gasteiger partial charge in [0.25, 0.3) is 5.91 Å². The summed E-state index contributed by atoms with van der Waals surface area (Å²) in [6.07, 6.45) is 8.79. The Morgan fingerprint density at radius 2 is 1.57 bits per heavy atom. The number of piperidine rings is 1.